The van der Waals surface area contributed by atoms with Crippen LogP contribution in [0.5, 0.6) is 0 Å². The number of nitrogens with zero attached hydrogens (tertiary/aromatic N) is 1. The fourth-order valence-electron chi connectivity index (χ4n) is 2.73. The van der Waals surface area contributed by atoms with Gasteiger partial charge in [0.1, 0.15) is 0 Å². The highest BCUT2D eigenvalue weighted by atomic mass is 16.5. The zero-order valence-corrected chi connectivity index (χ0v) is 11.3. The van der Waals surface area contributed by atoms with Crippen LogP contribution in [-0.4, -0.2) is 43.2 Å². The third-order valence-corrected chi connectivity index (χ3v) is 3.96. The summed E-state index contributed by atoms with van der Waals surface area (Å²) in [4.78, 5) is 13.9. The molecule has 1 aliphatic carbocycles. The molecule has 3 rings (SSSR count). The maximum absolute atomic E-state index is 11.3. The van der Waals surface area contributed by atoms with E-state index in [1.54, 1.807) is 0 Å². The molecule has 1 unspecified atom stereocenters. The number of nitrogens with one attached hydrogen (secondary N) is 1. The summed E-state index contributed by atoms with van der Waals surface area (Å²) in [5, 5.41) is 3.54. The Hall–Kier alpha value is -1.55. The highest BCUT2D eigenvalue weighted by Gasteiger charge is 2.34. The second-order valence-corrected chi connectivity index (χ2v) is 5.42. The first-order valence-corrected chi connectivity index (χ1v) is 6.95. The summed E-state index contributed by atoms with van der Waals surface area (Å²) in [6.07, 6.45) is 3.95. The number of methoxy groups -OCH3 is 1. The summed E-state index contributed by atoms with van der Waals surface area (Å²) in [7, 11) is 1.40. The highest BCUT2D eigenvalue weighted by Crippen LogP contribution is 2.30. The number of hydrogen-bond acceptors (Lipinski definition) is 4. The number of carbonyl (C=O) groups is 1. The number of ether oxygens (including phenoxy) is 1. The van der Waals surface area contributed by atoms with E-state index in [9.17, 15) is 4.79 Å². The maximum atomic E-state index is 11.3. The summed E-state index contributed by atoms with van der Waals surface area (Å²) in [6, 6.07) is 8.90. The predicted octanol–water partition coefficient (Wildman–Crippen LogP) is 2.12. The average molecular weight is 260 g/mol. The van der Waals surface area contributed by atoms with Gasteiger partial charge >= 0.3 is 5.97 Å². The first-order chi connectivity index (χ1) is 9.26. The molecule has 1 saturated heterocycles. The Kier molecular flexibility index (Phi) is 3.42. The van der Waals surface area contributed by atoms with Crippen molar-refractivity contribution in [3.8, 4) is 0 Å². The number of esters is 1. The molecule has 0 radical (unpaired) electrons. The van der Waals surface area contributed by atoms with Gasteiger partial charge in [0, 0.05) is 30.9 Å². The van der Waals surface area contributed by atoms with E-state index in [0.29, 0.717) is 11.6 Å². The minimum absolute atomic E-state index is 0.285. The summed E-state index contributed by atoms with van der Waals surface area (Å²) in [6.45, 7) is 2.35. The fourth-order valence-corrected chi connectivity index (χ4v) is 2.73. The largest absolute Gasteiger partial charge is 0.465 e. The van der Waals surface area contributed by atoms with Crippen molar-refractivity contribution in [1.82, 2.24) is 4.90 Å². The zero-order chi connectivity index (χ0) is 13.2. The van der Waals surface area contributed by atoms with E-state index in [0.717, 1.165) is 18.3 Å². The molecule has 1 heterocycles. The second-order valence-electron chi connectivity index (χ2n) is 5.42. The number of hydrogen-bond donors (Lipinski definition) is 1. The maximum Gasteiger partial charge on any atom is 0.337 e. The van der Waals surface area contributed by atoms with Crippen molar-refractivity contribution in [3.63, 3.8) is 0 Å². The smallest absolute Gasteiger partial charge is 0.337 e. The van der Waals surface area contributed by atoms with Gasteiger partial charge in [0.2, 0.25) is 0 Å². The molecular formula is C15H20N2O2. The third-order valence-electron chi connectivity index (χ3n) is 3.96. The SMILES string of the molecule is COC(=O)c1ccc(NC2CCN(C3CC3)C2)cc1. The average Bonchev–Trinajstić information content (AvgIpc) is 3.20. The van der Waals surface area contributed by atoms with Gasteiger partial charge < -0.3 is 10.1 Å². The van der Waals surface area contributed by atoms with E-state index < -0.39 is 0 Å². The van der Waals surface area contributed by atoms with Crippen LogP contribution >= 0.6 is 0 Å². The topological polar surface area (TPSA) is 41.6 Å². The van der Waals surface area contributed by atoms with Crippen LogP contribution in [-0.2, 0) is 4.74 Å². The van der Waals surface area contributed by atoms with Crippen molar-refractivity contribution in [2.75, 3.05) is 25.5 Å². The van der Waals surface area contributed by atoms with E-state index in [2.05, 4.69) is 10.2 Å². The lowest BCUT2D eigenvalue weighted by molar-refractivity contribution is 0.0601. The Balaban J connectivity index is 1.56. The number of rotatable bonds is 4. The minimum Gasteiger partial charge on any atom is -0.465 e. The van der Waals surface area contributed by atoms with Crippen molar-refractivity contribution < 1.29 is 9.53 Å². The van der Waals surface area contributed by atoms with E-state index >= 15 is 0 Å². The molecule has 1 aromatic carbocycles. The highest BCUT2D eigenvalue weighted by molar-refractivity contribution is 5.89. The first-order valence-electron chi connectivity index (χ1n) is 6.95. The van der Waals surface area contributed by atoms with E-state index in [4.69, 9.17) is 4.74 Å². The van der Waals surface area contributed by atoms with Crippen LogP contribution < -0.4 is 5.32 Å². The van der Waals surface area contributed by atoms with E-state index in [-0.39, 0.29) is 5.97 Å². The van der Waals surface area contributed by atoms with Crippen LogP contribution in [0.25, 0.3) is 0 Å². The number of benzene rings is 1. The molecule has 0 amide bonds. The quantitative estimate of drug-likeness (QED) is 0.842. The summed E-state index contributed by atoms with van der Waals surface area (Å²) >= 11 is 0. The molecule has 102 valence electrons. The summed E-state index contributed by atoms with van der Waals surface area (Å²) < 4.78 is 4.69. The molecule has 19 heavy (non-hydrogen) atoms. The van der Waals surface area contributed by atoms with Crippen molar-refractivity contribution >= 4 is 11.7 Å². The Morgan fingerprint density at radius 2 is 2.00 bits per heavy atom. The molecule has 2 fully saturated rings. The van der Waals surface area contributed by atoms with Gasteiger partial charge in [0.25, 0.3) is 0 Å². The van der Waals surface area contributed by atoms with Crippen LogP contribution in [0.1, 0.15) is 29.6 Å². The van der Waals surface area contributed by atoms with Gasteiger partial charge in [-0.3, -0.25) is 4.90 Å². The molecular weight excluding hydrogens is 240 g/mol. The number of anilines is 1. The van der Waals surface area contributed by atoms with Crippen molar-refractivity contribution in [1.29, 1.82) is 0 Å². The van der Waals surface area contributed by atoms with Gasteiger partial charge in [-0.25, -0.2) is 4.79 Å². The molecule has 0 spiro atoms. The molecule has 1 atom stereocenters. The van der Waals surface area contributed by atoms with Crippen molar-refractivity contribution in [2.24, 2.45) is 0 Å². The van der Waals surface area contributed by atoms with Gasteiger partial charge in [-0.1, -0.05) is 0 Å². The van der Waals surface area contributed by atoms with Gasteiger partial charge in [-0.15, -0.1) is 0 Å². The van der Waals surface area contributed by atoms with Gasteiger partial charge in [-0.05, 0) is 43.5 Å². The molecule has 1 saturated carbocycles. The Morgan fingerprint density at radius 1 is 1.26 bits per heavy atom. The molecule has 0 aromatic heterocycles. The molecule has 4 heteroatoms. The molecule has 0 bridgehead atoms. The van der Waals surface area contributed by atoms with Crippen LogP contribution in [0, 0.1) is 0 Å². The van der Waals surface area contributed by atoms with Crippen LogP contribution in [0.4, 0.5) is 5.69 Å². The standard InChI is InChI=1S/C15H20N2O2/c1-19-15(18)11-2-4-12(5-3-11)16-13-8-9-17(10-13)14-6-7-14/h2-5,13-14,16H,6-10H2,1H3. The zero-order valence-electron chi connectivity index (χ0n) is 11.3. The van der Waals surface area contributed by atoms with Gasteiger partial charge in [0.05, 0.1) is 12.7 Å². The molecule has 1 aromatic rings. The van der Waals surface area contributed by atoms with Crippen molar-refractivity contribution in [3.05, 3.63) is 29.8 Å². The first kappa shape index (κ1) is 12.5. The third kappa shape index (κ3) is 2.89. The van der Waals surface area contributed by atoms with Crippen molar-refractivity contribution in [2.45, 2.75) is 31.3 Å². The monoisotopic (exact) mass is 260 g/mol. The lowest BCUT2D eigenvalue weighted by Gasteiger charge is -2.16. The Bertz CT molecular complexity index is 454. The lowest BCUT2D eigenvalue weighted by Crippen LogP contribution is -2.27. The predicted molar refractivity (Wildman–Crippen MR) is 74.4 cm³/mol. The van der Waals surface area contributed by atoms with Gasteiger partial charge in [0.15, 0.2) is 0 Å². The molecule has 1 aliphatic heterocycles. The lowest BCUT2D eigenvalue weighted by atomic mass is 10.2. The summed E-state index contributed by atoms with van der Waals surface area (Å²) in [5.41, 5.74) is 1.68. The second kappa shape index (κ2) is 5.21. The van der Waals surface area contributed by atoms with Gasteiger partial charge in [-0.2, -0.15) is 0 Å². The minimum atomic E-state index is -0.285. The van der Waals surface area contributed by atoms with Crippen LogP contribution in [0.15, 0.2) is 24.3 Å². The normalized spacial score (nSPS) is 23.3. The molecule has 4 nitrogen and oxygen atoms in total. The van der Waals surface area contributed by atoms with Crippen LogP contribution in [0.3, 0.4) is 0 Å². The molecule has 2 aliphatic rings. The summed E-state index contributed by atoms with van der Waals surface area (Å²) in [5.74, 6) is -0.285. The number of likely N-dealkylation sites (tertiary alicyclic amines) is 1. The Labute approximate surface area is 113 Å². The number of carbonyl (C=O) groups excluding carboxylic acids is 1. The molecule has 1 N–H and O–H groups in total. The fraction of sp³-hybridized carbons (Fsp3) is 0.533. The van der Waals surface area contributed by atoms with E-state index in [1.165, 1.54) is 32.9 Å². The van der Waals surface area contributed by atoms with E-state index in [1.807, 2.05) is 24.3 Å². The Morgan fingerprint density at radius 3 is 2.63 bits per heavy atom. The van der Waals surface area contributed by atoms with Crippen LogP contribution in [0.2, 0.25) is 0 Å².